The molecule has 0 heterocycles. The highest BCUT2D eigenvalue weighted by molar-refractivity contribution is 5.76. The molecule has 0 bridgehead atoms. The summed E-state index contributed by atoms with van der Waals surface area (Å²) in [5.74, 6) is 0.319. The predicted octanol–water partition coefficient (Wildman–Crippen LogP) is 2.49. The van der Waals surface area contributed by atoms with E-state index in [0.717, 1.165) is 12.8 Å². The lowest BCUT2D eigenvalue weighted by atomic mass is 9.88. The van der Waals surface area contributed by atoms with E-state index < -0.39 is 5.97 Å². The molecule has 0 saturated carbocycles. The van der Waals surface area contributed by atoms with Gasteiger partial charge < -0.3 is 15.7 Å². The number of hydrogen-bond acceptors (Lipinski definition) is 3. The first-order valence-electron chi connectivity index (χ1n) is 8.00. The lowest BCUT2D eigenvalue weighted by Gasteiger charge is -2.28. The fourth-order valence-electron chi connectivity index (χ4n) is 2.55. The van der Waals surface area contributed by atoms with Gasteiger partial charge in [0, 0.05) is 25.4 Å². The molecule has 0 aromatic carbocycles. The van der Waals surface area contributed by atoms with Crippen LogP contribution in [0.3, 0.4) is 0 Å². The molecule has 0 aliphatic heterocycles. The van der Waals surface area contributed by atoms with Crippen molar-refractivity contribution < 1.29 is 14.7 Å². The molecule has 0 rings (SSSR count). The zero-order valence-corrected chi connectivity index (χ0v) is 14.0. The van der Waals surface area contributed by atoms with E-state index in [1.54, 1.807) is 4.90 Å². The molecular weight excluding hydrogens is 268 g/mol. The maximum absolute atomic E-state index is 12.3. The number of rotatable bonds is 11. The Morgan fingerprint density at radius 1 is 1.10 bits per heavy atom. The molecule has 21 heavy (non-hydrogen) atoms. The van der Waals surface area contributed by atoms with Crippen molar-refractivity contribution in [1.29, 1.82) is 0 Å². The van der Waals surface area contributed by atoms with Gasteiger partial charge in [-0.25, -0.2) is 0 Å². The van der Waals surface area contributed by atoms with Gasteiger partial charge in [-0.15, -0.1) is 0 Å². The number of carboxylic acid groups (broad SMARTS) is 1. The van der Waals surface area contributed by atoms with E-state index in [0.29, 0.717) is 37.8 Å². The van der Waals surface area contributed by atoms with E-state index in [1.807, 2.05) is 13.8 Å². The van der Waals surface area contributed by atoms with Gasteiger partial charge in [-0.2, -0.15) is 0 Å². The second-order valence-corrected chi connectivity index (χ2v) is 6.30. The molecule has 0 aliphatic rings. The molecule has 3 N–H and O–H groups in total. The van der Waals surface area contributed by atoms with Crippen molar-refractivity contribution in [3.05, 3.63) is 0 Å². The second kappa shape index (κ2) is 10.6. The fourth-order valence-corrected chi connectivity index (χ4v) is 2.55. The highest BCUT2D eigenvalue weighted by atomic mass is 16.4. The largest absolute Gasteiger partial charge is 0.481 e. The molecule has 0 fully saturated rings. The summed E-state index contributed by atoms with van der Waals surface area (Å²) in [7, 11) is 0. The average molecular weight is 300 g/mol. The summed E-state index contributed by atoms with van der Waals surface area (Å²) in [6, 6.07) is 0.110. The summed E-state index contributed by atoms with van der Waals surface area (Å²) < 4.78 is 0. The highest BCUT2D eigenvalue weighted by Gasteiger charge is 2.20. The minimum absolute atomic E-state index is 0.109. The van der Waals surface area contributed by atoms with Gasteiger partial charge in [0.25, 0.3) is 0 Å². The van der Waals surface area contributed by atoms with Crippen LogP contribution < -0.4 is 5.73 Å². The zero-order chi connectivity index (χ0) is 16.4. The first kappa shape index (κ1) is 19.9. The monoisotopic (exact) mass is 300 g/mol. The van der Waals surface area contributed by atoms with Crippen molar-refractivity contribution in [2.24, 2.45) is 17.6 Å². The van der Waals surface area contributed by atoms with E-state index in [4.69, 9.17) is 10.8 Å². The molecule has 0 spiro atoms. The van der Waals surface area contributed by atoms with Gasteiger partial charge in [0.2, 0.25) is 5.91 Å². The summed E-state index contributed by atoms with van der Waals surface area (Å²) in [6.45, 7) is 9.45. The van der Waals surface area contributed by atoms with Crippen molar-refractivity contribution in [3.8, 4) is 0 Å². The Hall–Kier alpha value is -1.10. The minimum atomic E-state index is -0.811. The van der Waals surface area contributed by atoms with Crippen LogP contribution in [0.2, 0.25) is 0 Å². The Bertz CT molecular complexity index is 317. The van der Waals surface area contributed by atoms with E-state index in [2.05, 4.69) is 13.8 Å². The number of carbonyl (C=O) groups excluding carboxylic acids is 1. The average Bonchev–Trinajstić information content (AvgIpc) is 2.38. The Morgan fingerprint density at radius 2 is 1.71 bits per heavy atom. The third-order valence-corrected chi connectivity index (χ3v) is 3.94. The van der Waals surface area contributed by atoms with Crippen LogP contribution in [0.4, 0.5) is 0 Å². The van der Waals surface area contributed by atoms with Gasteiger partial charge in [-0.1, -0.05) is 13.8 Å². The predicted molar refractivity (Wildman–Crippen MR) is 85.0 cm³/mol. The molecule has 1 amide bonds. The van der Waals surface area contributed by atoms with Gasteiger partial charge in [0.1, 0.15) is 0 Å². The van der Waals surface area contributed by atoms with Crippen LogP contribution in [0.5, 0.6) is 0 Å². The van der Waals surface area contributed by atoms with E-state index >= 15 is 0 Å². The number of amides is 1. The third kappa shape index (κ3) is 8.71. The Morgan fingerprint density at radius 3 is 2.14 bits per heavy atom. The number of hydrogen-bond donors (Lipinski definition) is 2. The van der Waals surface area contributed by atoms with Crippen LogP contribution in [-0.4, -0.2) is 41.0 Å². The first-order chi connectivity index (χ1) is 9.79. The lowest BCUT2D eigenvalue weighted by Crippen LogP contribution is -2.38. The Labute approximate surface area is 128 Å². The number of nitrogens with two attached hydrogens (primary N) is 1. The molecule has 0 aromatic rings. The highest BCUT2D eigenvalue weighted by Crippen LogP contribution is 2.21. The quantitative estimate of drug-likeness (QED) is 0.614. The van der Waals surface area contributed by atoms with Crippen LogP contribution in [0.1, 0.15) is 59.8 Å². The molecule has 0 aliphatic carbocycles. The van der Waals surface area contributed by atoms with Crippen LogP contribution in [0.25, 0.3) is 0 Å². The standard InChI is InChI=1S/C16H32N2O3/c1-12(2)14(9-10-17)7-8-15(19)18(13(3)4)11-5-6-16(20)21/h12-14H,5-11,17H2,1-4H3,(H,20,21). The van der Waals surface area contributed by atoms with Gasteiger partial charge in [0.15, 0.2) is 0 Å². The maximum Gasteiger partial charge on any atom is 0.303 e. The molecular formula is C16H32N2O3. The normalized spacial score (nSPS) is 12.7. The van der Waals surface area contributed by atoms with Crippen LogP contribution in [0, 0.1) is 11.8 Å². The van der Waals surface area contributed by atoms with Crippen molar-refractivity contribution in [2.75, 3.05) is 13.1 Å². The van der Waals surface area contributed by atoms with E-state index in [9.17, 15) is 9.59 Å². The number of carboxylic acids is 1. The molecule has 1 unspecified atom stereocenters. The summed E-state index contributed by atoms with van der Waals surface area (Å²) in [5, 5.41) is 8.68. The van der Waals surface area contributed by atoms with Gasteiger partial charge >= 0.3 is 5.97 Å². The summed E-state index contributed by atoms with van der Waals surface area (Å²) in [6.07, 6.45) is 2.95. The summed E-state index contributed by atoms with van der Waals surface area (Å²) in [5.41, 5.74) is 5.62. The van der Waals surface area contributed by atoms with E-state index in [-0.39, 0.29) is 18.4 Å². The molecule has 5 heteroatoms. The summed E-state index contributed by atoms with van der Waals surface area (Å²) in [4.78, 5) is 24.7. The third-order valence-electron chi connectivity index (χ3n) is 3.94. The van der Waals surface area contributed by atoms with Crippen LogP contribution in [-0.2, 0) is 9.59 Å². The van der Waals surface area contributed by atoms with Gasteiger partial charge in [-0.3, -0.25) is 9.59 Å². The Balaban J connectivity index is 4.37. The zero-order valence-electron chi connectivity index (χ0n) is 14.0. The molecule has 5 nitrogen and oxygen atoms in total. The van der Waals surface area contributed by atoms with Crippen molar-refractivity contribution in [1.82, 2.24) is 4.90 Å². The smallest absolute Gasteiger partial charge is 0.303 e. The van der Waals surface area contributed by atoms with Gasteiger partial charge in [-0.05, 0) is 51.5 Å². The maximum atomic E-state index is 12.3. The van der Waals surface area contributed by atoms with E-state index in [1.165, 1.54) is 0 Å². The molecule has 0 radical (unpaired) electrons. The number of aliphatic carboxylic acids is 1. The lowest BCUT2D eigenvalue weighted by molar-refractivity contribution is -0.138. The summed E-state index contributed by atoms with van der Waals surface area (Å²) >= 11 is 0. The molecule has 0 saturated heterocycles. The van der Waals surface area contributed by atoms with Crippen molar-refractivity contribution in [3.63, 3.8) is 0 Å². The molecule has 1 atom stereocenters. The van der Waals surface area contributed by atoms with Crippen LogP contribution in [0.15, 0.2) is 0 Å². The molecule has 0 aromatic heterocycles. The molecule has 124 valence electrons. The van der Waals surface area contributed by atoms with Crippen molar-refractivity contribution in [2.45, 2.75) is 65.8 Å². The van der Waals surface area contributed by atoms with Gasteiger partial charge in [0.05, 0.1) is 0 Å². The number of nitrogens with zero attached hydrogens (tertiary/aromatic N) is 1. The Kier molecular flexibility index (Phi) is 10.0. The number of carbonyl (C=O) groups is 2. The SMILES string of the molecule is CC(C)C(CCN)CCC(=O)N(CCCC(=O)O)C(C)C. The second-order valence-electron chi connectivity index (χ2n) is 6.30. The van der Waals surface area contributed by atoms with Crippen molar-refractivity contribution >= 4 is 11.9 Å². The fraction of sp³-hybridized carbons (Fsp3) is 0.875. The first-order valence-corrected chi connectivity index (χ1v) is 8.00. The topological polar surface area (TPSA) is 83.6 Å². The minimum Gasteiger partial charge on any atom is -0.481 e. The van der Waals surface area contributed by atoms with Crippen LogP contribution >= 0.6 is 0 Å².